The Hall–Kier alpha value is -3.36. The molecule has 0 spiro atoms. The summed E-state index contributed by atoms with van der Waals surface area (Å²) in [7, 11) is 0. The van der Waals surface area contributed by atoms with Gasteiger partial charge in [-0.3, -0.25) is 14.8 Å². The highest BCUT2D eigenvalue weighted by atomic mass is 16.8. The fourth-order valence-corrected chi connectivity index (χ4v) is 4.60. The van der Waals surface area contributed by atoms with Gasteiger partial charge in [-0.15, -0.1) is 0 Å². The van der Waals surface area contributed by atoms with Gasteiger partial charge in [-0.2, -0.15) is 0 Å². The van der Waals surface area contributed by atoms with Gasteiger partial charge in [-0.25, -0.2) is 0 Å². The lowest BCUT2D eigenvalue weighted by Gasteiger charge is -2.42. The monoisotopic (exact) mass is 406 g/mol. The molecular weight excluding hydrogens is 386 g/mol. The minimum Gasteiger partial charge on any atom is -0.733 e. The Bertz CT molecular complexity index is 1170. The molecule has 5 rings (SSSR count). The standard InChI is InChI=1S/C22H20N3O5/c26-21-6-2-5-18-16-9-14(12-24(18)21)11-23(13-16)22(27)20-8-7-19(30-20)15-3-1-4-17(10-15)25(28)29/h1-8,10,14,16,28H,9,11-13H2/q-1/t14-,16+/m1/s1. The van der Waals surface area contributed by atoms with Crippen LogP contribution >= 0.6 is 0 Å². The van der Waals surface area contributed by atoms with E-state index in [-0.39, 0.29) is 40.0 Å². The van der Waals surface area contributed by atoms with E-state index in [1.807, 2.05) is 10.6 Å². The van der Waals surface area contributed by atoms with Gasteiger partial charge >= 0.3 is 0 Å². The Morgan fingerprint density at radius 2 is 1.93 bits per heavy atom. The topological polar surface area (TPSA) is 102 Å². The van der Waals surface area contributed by atoms with E-state index in [1.165, 1.54) is 12.1 Å². The maximum absolute atomic E-state index is 13.1. The molecule has 1 N–H and O–H groups in total. The predicted molar refractivity (Wildman–Crippen MR) is 109 cm³/mol. The van der Waals surface area contributed by atoms with Gasteiger partial charge in [0, 0.05) is 42.9 Å². The number of furan rings is 1. The molecule has 2 atom stereocenters. The van der Waals surface area contributed by atoms with Gasteiger partial charge in [0.05, 0.1) is 5.69 Å². The Morgan fingerprint density at radius 3 is 2.77 bits per heavy atom. The third kappa shape index (κ3) is 3.20. The quantitative estimate of drug-likeness (QED) is 0.671. The third-order valence-corrected chi connectivity index (χ3v) is 5.94. The number of benzene rings is 1. The molecule has 0 saturated carbocycles. The van der Waals surface area contributed by atoms with Gasteiger partial charge in [-0.1, -0.05) is 18.2 Å². The van der Waals surface area contributed by atoms with Crippen LogP contribution in [0.3, 0.4) is 0 Å². The van der Waals surface area contributed by atoms with E-state index in [0.717, 1.165) is 12.1 Å². The van der Waals surface area contributed by atoms with Crippen molar-refractivity contribution < 1.29 is 14.4 Å². The maximum Gasteiger partial charge on any atom is 0.289 e. The molecule has 2 aliphatic rings. The van der Waals surface area contributed by atoms with Crippen LogP contribution in [-0.2, 0) is 6.54 Å². The van der Waals surface area contributed by atoms with Crippen LogP contribution in [0.2, 0.25) is 0 Å². The molecule has 1 fully saturated rings. The summed E-state index contributed by atoms with van der Waals surface area (Å²) in [6.45, 7) is 1.75. The molecule has 4 heterocycles. The van der Waals surface area contributed by atoms with Crippen LogP contribution in [0.25, 0.3) is 11.3 Å². The number of aromatic nitrogens is 1. The first-order chi connectivity index (χ1) is 14.5. The van der Waals surface area contributed by atoms with E-state index >= 15 is 0 Å². The van der Waals surface area contributed by atoms with Crippen LogP contribution in [-0.4, -0.2) is 33.7 Å². The Morgan fingerprint density at radius 1 is 1.10 bits per heavy atom. The molecule has 1 amide bonds. The minimum absolute atomic E-state index is 0.0133. The molecule has 0 unspecified atom stereocenters. The first-order valence-electron chi connectivity index (χ1n) is 9.85. The van der Waals surface area contributed by atoms with E-state index in [4.69, 9.17) is 9.62 Å². The molecule has 2 bridgehead atoms. The number of anilines is 1. The van der Waals surface area contributed by atoms with Crippen LogP contribution in [0.15, 0.2) is 63.8 Å². The van der Waals surface area contributed by atoms with E-state index in [9.17, 15) is 14.8 Å². The van der Waals surface area contributed by atoms with Crippen molar-refractivity contribution >= 4 is 11.6 Å². The normalized spacial score (nSPS) is 20.0. The molecule has 30 heavy (non-hydrogen) atoms. The molecule has 154 valence electrons. The lowest BCUT2D eigenvalue weighted by molar-refractivity contribution is 0.0564. The van der Waals surface area contributed by atoms with E-state index < -0.39 is 0 Å². The highest BCUT2D eigenvalue weighted by Crippen LogP contribution is 2.36. The smallest absolute Gasteiger partial charge is 0.289 e. The number of rotatable bonds is 3. The molecule has 0 radical (unpaired) electrons. The zero-order valence-electron chi connectivity index (χ0n) is 16.1. The minimum atomic E-state index is -0.214. The second-order valence-corrected chi connectivity index (χ2v) is 7.90. The summed E-state index contributed by atoms with van der Waals surface area (Å²) in [5.41, 5.74) is 1.67. The summed E-state index contributed by atoms with van der Waals surface area (Å²) in [5, 5.41) is 20.0. The summed E-state index contributed by atoms with van der Waals surface area (Å²) in [6.07, 6.45) is 0.969. The van der Waals surface area contributed by atoms with Crippen molar-refractivity contribution in [2.24, 2.45) is 5.92 Å². The summed E-state index contributed by atoms with van der Waals surface area (Å²) in [5.74, 6) is 0.847. The third-order valence-electron chi connectivity index (χ3n) is 5.94. The number of amides is 1. The largest absolute Gasteiger partial charge is 0.733 e. The number of carbonyl (C=O) groups is 1. The van der Waals surface area contributed by atoms with Gasteiger partial charge in [0.1, 0.15) is 5.76 Å². The zero-order chi connectivity index (χ0) is 20.8. The van der Waals surface area contributed by atoms with Gasteiger partial charge in [0.25, 0.3) is 11.5 Å². The lowest BCUT2D eigenvalue weighted by Crippen LogP contribution is -2.49. The highest BCUT2D eigenvalue weighted by molar-refractivity contribution is 5.92. The molecule has 3 aromatic rings. The fourth-order valence-electron chi connectivity index (χ4n) is 4.60. The second kappa shape index (κ2) is 7.16. The van der Waals surface area contributed by atoms with Crippen LogP contribution < -0.4 is 10.8 Å². The Balaban J connectivity index is 1.38. The molecule has 0 aliphatic carbocycles. The number of fused-ring (bicyclic) bond motifs is 4. The zero-order valence-corrected chi connectivity index (χ0v) is 16.1. The summed E-state index contributed by atoms with van der Waals surface area (Å²) >= 11 is 0. The molecule has 8 heteroatoms. The number of nitrogens with zero attached hydrogens (tertiary/aromatic N) is 3. The predicted octanol–water partition coefficient (Wildman–Crippen LogP) is 3.06. The van der Waals surface area contributed by atoms with E-state index in [0.29, 0.717) is 31.0 Å². The summed E-state index contributed by atoms with van der Waals surface area (Å²) < 4.78 is 7.61. The number of carbonyl (C=O) groups excluding carboxylic acids is 1. The van der Waals surface area contributed by atoms with Crippen LogP contribution in [0.1, 0.15) is 28.6 Å². The molecular formula is C22H20N3O5-. The van der Waals surface area contributed by atoms with Crippen molar-refractivity contribution in [3.63, 3.8) is 0 Å². The SMILES string of the molecule is O=C(c1ccc(-c2cccc(N([O-])O)c2)o1)N1C[C@H]2C[C@@H](C1)c1cccc(=O)n1C2. The van der Waals surface area contributed by atoms with Crippen LogP contribution in [0.4, 0.5) is 5.69 Å². The van der Waals surface area contributed by atoms with Crippen LogP contribution in [0, 0.1) is 11.1 Å². The first-order valence-corrected chi connectivity index (χ1v) is 9.85. The van der Waals surface area contributed by atoms with Crippen molar-refractivity contribution in [1.82, 2.24) is 9.47 Å². The van der Waals surface area contributed by atoms with Crippen LogP contribution in [0.5, 0.6) is 0 Å². The van der Waals surface area contributed by atoms with Crippen molar-refractivity contribution in [3.05, 3.63) is 81.6 Å². The van der Waals surface area contributed by atoms with E-state index in [1.54, 1.807) is 41.3 Å². The van der Waals surface area contributed by atoms with Gasteiger partial charge in [-0.05, 0) is 42.7 Å². The first kappa shape index (κ1) is 18.7. The van der Waals surface area contributed by atoms with Crippen molar-refractivity contribution in [2.75, 3.05) is 18.3 Å². The number of likely N-dealkylation sites (tertiary alicyclic amines) is 1. The van der Waals surface area contributed by atoms with Gasteiger partial charge < -0.3 is 24.3 Å². The lowest BCUT2D eigenvalue weighted by atomic mass is 9.83. The number of hydrogen-bond donors (Lipinski definition) is 1. The molecule has 2 aliphatic heterocycles. The number of hydrogen-bond acceptors (Lipinski definition) is 6. The second-order valence-electron chi connectivity index (χ2n) is 7.90. The fraction of sp³-hybridized carbons (Fsp3) is 0.273. The van der Waals surface area contributed by atoms with Gasteiger partial charge in [0.2, 0.25) is 0 Å². The molecule has 2 aromatic heterocycles. The summed E-state index contributed by atoms with van der Waals surface area (Å²) in [6, 6.07) is 14.9. The average Bonchev–Trinajstić information content (AvgIpc) is 3.24. The maximum atomic E-state index is 13.1. The van der Waals surface area contributed by atoms with E-state index in [2.05, 4.69) is 0 Å². The molecule has 1 aromatic carbocycles. The molecule has 1 saturated heterocycles. The Kier molecular flexibility index (Phi) is 4.45. The Labute approximate surface area is 172 Å². The molecule has 8 nitrogen and oxygen atoms in total. The highest BCUT2D eigenvalue weighted by Gasteiger charge is 2.37. The van der Waals surface area contributed by atoms with Crippen molar-refractivity contribution in [1.29, 1.82) is 0 Å². The van der Waals surface area contributed by atoms with Gasteiger partial charge in [0.15, 0.2) is 5.76 Å². The number of piperidine rings is 1. The van der Waals surface area contributed by atoms with Crippen molar-refractivity contribution in [3.8, 4) is 11.3 Å². The summed E-state index contributed by atoms with van der Waals surface area (Å²) in [4.78, 5) is 27.1. The van der Waals surface area contributed by atoms with Crippen molar-refractivity contribution in [2.45, 2.75) is 18.9 Å². The number of pyridine rings is 1. The average molecular weight is 406 g/mol.